The Morgan fingerprint density at radius 1 is 1.17 bits per heavy atom. The number of nitrogens with two attached hydrogens (primary N) is 1. The van der Waals surface area contributed by atoms with Crippen LogP contribution in [0, 0.1) is 11.6 Å². The fraction of sp³-hybridized carbons (Fsp3) is 0.188. The third-order valence-corrected chi connectivity index (χ3v) is 2.86. The lowest BCUT2D eigenvalue weighted by molar-refractivity contribution is 0.168. The van der Waals surface area contributed by atoms with Crippen LogP contribution in [0.25, 0.3) is 0 Å². The molecule has 5 nitrogen and oxygen atoms in total. The summed E-state index contributed by atoms with van der Waals surface area (Å²) in [5, 5.41) is 2.49. The fourth-order valence-corrected chi connectivity index (χ4v) is 1.88. The Morgan fingerprint density at radius 2 is 1.87 bits per heavy atom. The summed E-state index contributed by atoms with van der Waals surface area (Å²) in [7, 11) is 0. The Morgan fingerprint density at radius 3 is 2.48 bits per heavy atom. The number of nitrogens with one attached hydrogen (secondary N) is 1. The summed E-state index contributed by atoms with van der Waals surface area (Å²) in [6.45, 7) is 1.92. The number of anilines is 2. The summed E-state index contributed by atoms with van der Waals surface area (Å²) in [5.41, 5.74) is 6.83. The van der Waals surface area contributed by atoms with Crippen LogP contribution >= 0.6 is 0 Å². The highest BCUT2D eigenvalue weighted by Crippen LogP contribution is 2.25. The summed E-state index contributed by atoms with van der Waals surface area (Å²) < 4.78 is 36.4. The van der Waals surface area contributed by atoms with E-state index in [2.05, 4.69) is 5.32 Å². The van der Waals surface area contributed by atoms with E-state index >= 15 is 0 Å². The van der Waals surface area contributed by atoms with E-state index in [1.165, 1.54) is 18.2 Å². The van der Waals surface area contributed by atoms with Crippen LogP contribution in [0.4, 0.5) is 25.0 Å². The van der Waals surface area contributed by atoms with Crippen molar-refractivity contribution in [3.8, 4) is 5.75 Å². The van der Waals surface area contributed by atoms with Gasteiger partial charge in [-0.2, -0.15) is 0 Å². The van der Waals surface area contributed by atoms with Gasteiger partial charge in [-0.1, -0.05) is 0 Å². The standard InChI is InChI=1S/C16H16F2N2O3/c1-2-22-16(21)20-15-4-3-13(8-14(15)19)23-9-10-5-11(17)7-12(18)6-10/h3-8H,2,9,19H2,1H3,(H,20,21). The van der Waals surface area contributed by atoms with Gasteiger partial charge in [0.15, 0.2) is 0 Å². The zero-order valence-corrected chi connectivity index (χ0v) is 12.4. The van der Waals surface area contributed by atoms with E-state index in [0.717, 1.165) is 6.07 Å². The molecule has 0 aliphatic carbocycles. The number of carbonyl (C=O) groups is 1. The molecule has 2 aromatic carbocycles. The van der Waals surface area contributed by atoms with E-state index in [1.54, 1.807) is 19.1 Å². The number of halogens is 2. The number of nitrogen functional groups attached to an aromatic ring is 1. The Hall–Kier alpha value is -2.83. The van der Waals surface area contributed by atoms with Gasteiger partial charge >= 0.3 is 6.09 Å². The smallest absolute Gasteiger partial charge is 0.411 e. The molecule has 0 radical (unpaired) electrons. The first-order valence-electron chi connectivity index (χ1n) is 6.89. The average Bonchev–Trinajstić information content (AvgIpc) is 2.47. The van der Waals surface area contributed by atoms with Gasteiger partial charge in [-0.3, -0.25) is 5.32 Å². The molecule has 0 aliphatic heterocycles. The number of benzene rings is 2. The summed E-state index contributed by atoms with van der Waals surface area (Å²) in [6.07, 6.45) is -0.608. The van der Waals surface area contributed by atoms with E-state index in [1.807, 2.05) is 0 Å². The summed E-state index contributed by atoms with van der Waals surface area (Å²) in [4.78, 5) is 11.3. The second-order valence-electron chi connectivity index (χ2n) is 4.66. The van der Waals surface area contributed by atoms with Gasteiger partial charge in [-0.25, -0.2) is 13.6 Å². The molecule has 0 fully saturated rings. The zero-order valence-electron chi connectivity index (χ0n) is 12.4. The van der Waals surface area contributed by atoms with Gasteiger partial charge in [0.05, 0.1) is 18.0 Å². The summed E-state index contributed by atoms with van der Waals surface area (Å²) >= 11 is 0. The highest BCUT2D eigenvalue weighted by atomic mass is 19.1. The van der Waals surface area contributed by atoms with Crippen LogP contribution < -0.4 is 15.8 Å². The molecule has 0 aliphatic rings. The second-order valence-corrected chi connectivity index (χ2v) is 4.66. The third-order valence-electron chi connectivity index (χ3n) is 2.86. The summed E-state index contributed by atoms with van der Waals surface area (Å²) in [5.74, 6) is -0.934. The first kappa shape index (κ1) is 16.5. The van der Waals surface area contributed by atoms with E-state index in [4.69, 9.17) is 15.2 Å². The molecule has 122 valence electrons. The molecular weight excluding hydrogens is 306 g/mol. The maximum Gasteiger partial charge on any atom is 0.411 e. The van der Waals surface area contributed by atoms with Crippen LogP contribution in [-0.4, -0.2) is 12.7 Å². The van der Waals surface area contributed by atoms with Crippen molar-refractivity contribution in [2.45, 2.75) is 13.5 Å². The predicted octanol–water partition coefficient (Wildman–Crippen LogP) is 3.69. The number of hydrogen-bond donors (Lipinski definition) is 2. The van der Waals surface area contributed by atoms with Crippen LogP contribution in [0.1, 0.15) is 12.5 Å². The fourth-order valence-electron chi connectivity index (χ4n) is 1.88. The minimum Gasteiger partial charge on any atom is -0.489 e. The van der Waals surface area contributed by atoms with Crippen LogP contribution in [0.2, 0.25) is 0 Å². The lowest BCUT2D eigenvalue weighted by Gasteiger charge is -2.11. The Labute approximate surface area is 132 Å². The number of hydrogen-bond acceptors (Lipinski definition) is 4. The Bertz CT molecular complexity index is 687. The van der Waals surface area contributed by atoms with Gasteiger partial charge in [0, 0.05) is 12.1 Å². The van der Waals surface area contributed by atoms with Crippen molar-refractivity contribution in [2.75, 3.05) is 17.7 Å². The number of rotatable bonds is 5. The van der Waals surface area contributed by atoms with Gasteiger partial charge in [0.1, 0.15) is 24.0 Å². The third kappa shape index (κ3) is 4.84. The quantitative estimate of drug-likeness (QED) is 0.823. The molecule has 2 rings (SSSR count). The predicted molar refractivity (Wildman–Crippen MR) is 82.2 cm³/mol. The first-order chi connectivity index (χ1) is 11.0. The minimum atomic E-state index is -0.669. The van der Waals surface area contributed by atoms with Crippen LogP contribution in [0.15, 0.2) is 36.4 Å². The zero-order chi connectivity index (χ0) is 16.8. The van der Waals surface area contributed by atoms with Gasteiger partial charge in [0.25, 0.3) is 0 Å². The highest BCUT2D eigenvalue weighted by Gasteiger charge is 2.07. The molecule has 7 heteroatoms. The van der Waals surface area contributed by atoms with Gasteiger partial charge < -0.3 is 15.2 Å². The van der Waals surface area contributed by atoms with Crippen molar-refractivity contribution in [2.24, 2.45) is 0 Å². The largest absolute Gasteiger partial charge is 0.489 e. The van der Waals surface area contributed by atoms with Gasteiger partial charge in [-0.05, 0) is 36.8 Å². The van der Waals surface area contributed by atoms with Crippen molar-refractivity contribution in [3.05, 3.63) is 53.6 Å². The lowest BCUT2D eigenvalue weighted by Crippen LogP contribution is -2.14. The van der Waals surface area contributed by atoms with E-state index < -0.39 is 17.7 Å². The number of ether oxygens (including phenoxy) is 2. The maximum atomic E-state index is 13.1. The van der Waals surface area contributed by atoms with Crippen LogP contribution in [-0.2, 0) is 11.3 Å². The molecule has 0 unspecified atom stereocenters. The van der Waals surface area contributed by atoms with Crippen molar-refractivity contribution in [1.82, 2.24) is 0 Å². The molecule has 0 saturated carbocycles. The monoisotopic (exact) mass is 322 g/mol. The topological polar surface area (TPSA) is 73.6 Å². The average molecular weight is 322 g/mol. The van der Waals surface area contributed by atoms with E-state index in [0.29, 0.717) is 17.0 Å². The number of carbonyl (C=O) groups excluding carboxylic acids is 1. The molecule has 0 atom stereocenters. The second kappa shape index (κ2) is 7.44. The Kier molecular flexibility index (Phi) is 5.35. The Balaban J connectivity index is 2.01. The van der Waals surface area contributed by atoms with Gasteiger partial charge in [-0.15, -0.1) is 0 Å². The van der Waals surface area contributed by atoms with Crippen molar-refractivity contribution >= 4 is 17.5 Å². The molecule has 1 amide bonds. The molecule has 2 aromatic rings. The maximum absolute atomic E-state index is 13.1. The van der Waals surface area contributed by atoms with Crippen molar-refractivity contribution in [1.29, 1.82) is 0 Å². The molecule has 0 saturated heterocycles. The molecule has 0 bridgehead atoms. The molecule has 0 aromatic heterocycles. The minimum absolute atomic E-state index is 0.0151. The highest BCUT2D eigenvalue weighted by molar-refractivity contribution is 5.89. The summed E-state index contributed by atoms with van der Waals surface area (Å²) in [6, 6.07) is 7.78. The van der Waals surface area contributed by atoms with E-state index in [-0.39, 0.29) is 18.9 Å². The van der Waals surface area contributed by atoms with Crippen LogP contribution in [0.3, 0.4) is 0 Å². The lowest BCUT2D eigenvalue weighted by atomic mass is 10.2. The molecule has 0 heterocycles. The molecule has 23 heavy (non-hydrogen) atoms. The molecule has 3 N–H and O–H groups in total. The van der Waals surface area contributed by atoms with Crippen molar-refractivity contribution in [3.63, 3.8) is 0 Å². The molecule has 0 spiro atoms. The number of amides is 1. The van der Waals surface area contributed by atoms with Crippen LogP contribution in [0.5, 0.6) is 5.75 Å². The first-order valence-corrected chi connectivity index (χ1v) is 6.89. The molecular formula is C16H16F2N2O3. The van der Waals surface area contributed by atoms with Crippen molar-refractivity contribution < 1.29 is 23.0 Å². The normalized spacial score (nSPS) is 10.2. The SMILES string of the molecule is CCOC(=O)Nc1ccc(OCc2cc(F)cc(F)c2)cc1N. The van der Waals surface area contributed by atoms with E-state index in [9.17, 15) is 13.6 Å². The van der Waals surface area contributed by atoms with Gasteiger partial charge in [0.2, 0.25) is 0 Å².